The summed E-state index contributed by atoms with van der Waals surface area (Å²) in [5.74, 6) is 0.978. The van der Waals surface area contributed by atoms with Gasteiger partial charge in [-0.1, -0.05) is 36.4 Å². The van der Waals surface area contributed by atoms with E-state index in [4.69, 9.17) is 19.9 Å². The van der Waals surface area contributed by atoms with Gasteiger partial charge in [-0.15, -0.1) is 0 Å². The van der Waals surface area contributed by atoms with Gasteiger partial charge in [-0.05, 0) is 41.5 Å². The summed E-state index contributed by atoms with van der Waals surface area (Å²) in [5.41, 5.74) is 10.9. The predicted octanol–water partition coefficient (Wildman–Crippen LogP) is 5.49. The fraction of sp³-hybridized carbons (Fsp3) is 0.111. The number of aromatic nitrogens is 2. The molecule has 0 aliphatic heterocycles. The summed E-state index contributed by atoms with van der Waals surface area (Å²) in [6, 6.07) is 20.4. The zero-order chi connectivity index (χ0) is 23.9. The van der Waals surface area contributed by atoms with Crippen LogP contribution in [0, 0.1) is 5.95 Å². The Bertz CT molecular complexity index is 1290. The summed E-state index contributed by atoms with van der Waals surface area (Å²) in [6.07, 6.45) is 4.65. The number of methoxy groups -OCH3 is 2. The minimum atomic E-state index is -0.568. The number of anilines is 1. The normalized spacial score (nSPS) is 11.2. The van der Waals surface area contributed by atoms with Crippen molar-refractivity contribution in [2.45, 2.75) is 6.61 Å². The molecule has 0 saturated heterocycles. The second-order valence-corrected chi connectivity index (χ2v) is 7.43. The van der Waals surface area contributed by atoms with Crippen molar-refractivity contribution in [3.63, 3.8) is 0 Å². The van der Waals surface area contributed by atoms with E-state index in [9.17, 15) is 4.39 Å². The first-order chi connectivity index (χ1) is 16.6. The van der Waals surface area contributed by atoms with Crippen molar-refractivity contribution in [3.8, 4) is 22.6 Å². The van der Waals surface area contributed by atoms with Crippen LogP contribution in [0.2, 0.25) is 0 Å². The van der Waals surface area contributed by atoms with Gasteiger partial charge in [0.25, 0.3) is 0 Å². The maximum Gasteiger partial charge on any atom is 0.212 e. The van der Waals surface area contributed by atoms with Gasteiger partial charge in [0.15, 0.2) is 11.5 Å². The molecule has 0 amide bonds. The van der Waals surface area contributed by atoms with Crippen molar-refractivity contribution in [2.75, 3.05) is 20.0 Å². The monoisotopic (exact) mass is 457 g/mol. The topological polar surface area (TPSA) is 79.5 Å². The second kappa shape index (κ2) is 10.5. The average Bonchev–Trinajstić information content (AvgIpc) is 2.88. The number of pyridine rings is 2. The number of nitrogens with zero attached hydrogens (tertiary/aromatic N) is 2. The summed E-state index contributed by atoms with van der Waals surface area (Å²) < 4.78 is 30.1. The van der Waals surface area contributed by atoms with Crippen LogP contribution in [0.15, 0.2) is 85.4 Å². The zero-order valence-corrected chi connectivity index (χ0v) is 18.9. The van der Waals surface area contributed by atoms with Crippen LogP contribution < -0.4 is 15.2 Å². The third-order valence-electron chi connectivity index (χ3n) is 5.22. The van der Waals surface area contributed by atoms with Gasteiger partial charge >= 0.3 is 0 Å². The molecule has 4 rings (SSSR count). The second-order valence-electron chi connectivity index (χ2n) is 7.43. The summed E-state index contributed by atoms with van der Waals surface area (Å²) >= 11 is 0. The van der Waals surface area contributed by atoms with Gasteiger partial charge in [-0.2, -0.15) is 4.39 Å². The number of ether oxygens (including phenoxy) is 3. The van der Waals surface area contributed by atoms with Crippen molar-refractivity contribution in [1.29, 1.82) is 0 Å². The minimum absolute atomic E-state index is 0.311. The third-order valence-corrected chi connectivity index (χ3v) is 5.22. The van der Waals surface area contributed by atoms with E-state index >= 15 is 0 Å². The number of nitrogen functional groups attached to an aromatic ring is 1. The molecule has 0 bridgehead atoms. The highest BCUT2D eigenvalue weighted by atomic mass is 19.1. The molecule has 0 aliphatic carbocycles. The summed E-state index contributed by atoms with van der Waals surface area (Å²) in [5, 5.41) is 0. The van der Waals surface area contributed by atoms with Crippen LogP contribution in [0.3, 0.4) is 0 Å². The SMILES string of the molecule is CO/C=C(\c1ccc(F)nc1)c1cc(-c2ccc(OCc3ccccc3)c(OC)c2)cnc1N. The van der Waals surface area contributed by atoms with Gasteiger partial charge in [0, 0.05) is 34.7 Å². The number of halogens is 1. The van der Waals surface area contributed by atoms with Gasteiger partial charge in [0.05, 0.1) is 20.5 Å². The molecule has 0 saturated carbocycles. The molecule has 0 aliphatic rings. The van der Waals surface area contributed by atoms with Crippen molar-refractivity contribution in [1.82, 2.24) is 9.97 Å². The van der Waals surface area contributed by atoms with Crippen LogP contribution in [-0.4, -0.2) is 24.2 Å². The molecule has 4 aromatic rings. The van der Waals surface area contributed by atoms with E-state index in [1.165, 1.54) is 25.6 Å². The van der Waals surface area contributed by atoms with E-state index in [2.05, 4.69) is 9.97 Å². The summed E-state index contributed by atoms with van der Waals surface area (Å²) in [6.45, 7) is 0.432. The number of hydrogen-bond donors (Lipinski definition) is 1. The Labute approximate surface area is 197 Å². The lowest BCUT2D eigenvalue weighted by atomic mass is 9.97. The van der Waals surface area contributed by atoms with Crippen LogP contribution in [0.25, 0.3) is 16.7 Å². The van der Waals surface area contributed by atoms with E-state index < -0.39 is 5.95 Å². The number of hydrogen-bond acceptors (Lipinski definition) is 6. The Balaban J connectivity index is 1.66. The molecule has 0 unspecified atom stereocenters. The van der Waals surface area contributed by atoms with Crippen LogP contribution >= 0.6 is 0 Å². The Morgan fingerprint density at radius 3 is 2.44 bits per heavy atom. The zero-order valence-electron chi connectivity index (χ0n) is 18.9. The molecular formula is C27H24FN3O3. The van der Waals surface area contributed by atoms with Crippen molar-refractivity contribution in [3.05, 3.63) is 108 Å². The summed E-state index contributed by atoms with van der Waals surface area (Å²) in [7, 11) is 3.13. The first-order valence-electron chi connectivity index (χ1n) is 10.5. The van der Waals surface area contributed by atoms with E-state index in [0.717, 1.165) is 16.7 Å². The average molecular weight is 458 g/mol. The van der Waals surface area contributed by atoms with Crippen LogP contribution in [0.1, 0.15) is 16.7 Å². The highest BCUT2D eigenvalue weighted by Gasteiger charge is 2.14. The van der Waals surface area contributed by atoms with E-state index in [1.807, 2.05) is 54.6 Å². The highest BCUT2D eigenvalue weighted by molar-refractivity contribution is 5.86. The number of benzene rings is 2. The molecule has 0 radical (unpaired) electrons. The fourth-order valence-corrected chi connectivity index (χ4v) is 3.49. The molecule has 2 aromatic carbocycles. The Morgan fingerprint density at radius 1 is 0.912 bits per heavy atom. The molecule has 2 N–H and O–H groups in total. The number of rotatable bonds is 8. The molecule has 172 valence electrons. The molecule has 2 heterocycles. The van der Waals surface area contributed by atoms with Gasteiger partial charge < -0.3 is 19.9 Å². The lowest BCUT2D eigenvalue weighted by Crippen LogP contribution is -2.01. The van der Waals surface area contributed by atoms with Crippen LogP contribution in [0.5, 0.6) is 11.5 Å². The predicted molar refractivity (Wildman–Crippen MR) is 130 cm³/mol. The van der Waals surface area contributed by atoms with E-state index in [1.54, 1.807) is 19.4 Å². The van der Waals surface area contributed by atoms with Gasteiger partial charge in [0.1, 0.15) is 12.4 Å². The fourth-order valence-electron chi connectivity index (χ4n) is 3.49. The van der Waals surface area contributed by atoms with Gasteiger partial charge in [-0.25, -0.2) is 9.97 Å². The molecule has 6 nitrogen and oxygen atoms in total. The lowest BCUT2D eigenvalue weighted by molar-refractivity contribution is 0.284. The quantitative estimate of drug-likeness (QED) is 0.278. The van der Waals surface area contributed by atoms with Crippen LogP contribution in [0.4, 0.5) is 10.2 Å². The van der Waals surface area contributed by atoms with Crippen molar-refractivity contribution >= 4 is 11.4 Å². The molecule has 0 fully saturated rings. The molecule has 0 spiro atoms. The smallest absolute Gasteiger partial charge is 0.212 e. The van der Waals surface area contributed by atoms with Crippen molar-refractivity contribution < 1.29 is 18.6 Å². The van der Waals surface area contributed by atoms with Crippen LogP contribution in [-0.2, 0) is 11.3 Å². The van der Waals surface area contributed by atoms with Crippen molar-refractivity contribution in [2.24, 2.45) is 0 Å². The lowest BCUT2D eigenvalue weighted by Gasteiger charge is -2.14. The maximum absolute atomic E-state index is 13.3. The molecule has 7 heteroatoms. The minimum Gasteiger partial charge on any atom is -0.504 e. The Hall–Kier alpha value is -4.39. The van der Waals surface area contributed by atoms with E-state index in [0.29, 0.717) is 40.6 Å². The maximum atomic E-state index is 13.3. The summed E-state index contributed by atoms with van der Waals surface area (Å²) in [4.78, 5) is 8.11. The standard InChI is InChI=1S/C27H24FN3O3/c1-32-17-23(20-9-11-26(28)30-14-20)22-12-21(15-31-27(22)29)19-8-10-24(25(13-19)33-2)34-16-18-6-4-3-5-7-18/h3-15,17H,16H2,1-2H3,(H2,29,31)/b23-17+. The Morgan fingerprint density at radius 2 is 1.74 bits per heavy atom. The van der Waals surface area contributed by atoms with Gasteiger partial charge in [0.2, 0.25) is 5.95 Å². The molecule has 0 atom stereocenters. The van der Waals surface area contributed by atoms with Gasteiger partial charge in [-0.3, -0.25) is 0 Å². The Kier molecular flexibility index (Phi) is 7.03. The van der Waals surface area contributed by atoms with E-state index in [-0.39, 0.29) is 0 Å². The molecule has 34 heavy (non-hydrogen) atoms. The first kappa shape index (κ1) is 22.8. The molecular weight excluding hydrogens is 433 g/mol. The first-order valence-corrected chi connectivity index (χ1v) is 10.5. The number of nitrogens with two attached hydrogens (primary N) is 1. The highest BCUT2D eigenvalue weighted by Crippen LogP contribution is 2.35. The largest absolute Gasteiger partial charge is 0.504 e. The third kappa shape index (κ3) is 5.15. The molecule has 2 aromatic heterocycles.